The molecule has 1 N–H and O–H groups in total. The largest absolute Gasteiger partial charge is 0.496 e. The van der Waals surface area contributed by atoms with Crippen molar-refractivity contribution in [2.45, 2.75) is 25.4 Å². The summed E-state index contributed by atoms with van der Waals surface area (Å²) in [6, 6.07) is 12.6. The number of imidazole rings is 1. The van der Waals surface area contributed by atoms with E-state index in [1.807, 2.05) is 28.8 Å². The molecular formula is C20H22FN3O2. The maximum atomic E-state index is 13.6. The van der Waals surface area contributed by atoms with Crippen molar-refractivity contribution in [3.05, 3.63) is 64.3 Å². The number of nitrogens with zero attached hydrogens (tertiary/aromatic N) is 2. The number of H-pyrrole nitrogens is 1. The van der Waals surface area contributed by atoms with Crippen molar-refractivity contribution in [1.82, 2.24) is 14.5 Å². The van der Waals surface area contributed by atoms with Gasteiger partial charge >= 0.3 is 5.69 Å². The maximum Gasteiger partial charge on any atom is 0.326 e. The zero-order chi connectivity index (χ0) is 18.1. The molecule has 26 heavy (non-hydrogen) atoms. The first kappa shape index (κ1) is 16.8. The van der Waals surface area contributed by atoms with Crippen molar-refractivity contribution in [3.8, 4) is 5.75 Å². The van der Waals surface area contributed by atoms with Crippen LogP contribution < -0.4 is 10.4 Å². The van der Waals surface area contributed by atoms with Gasteiger partial charge in [0.25, 0.3) is 0 Å². The number of aromatic nitrogens is 2. The molecule has 1 aromatic heterocycles. The van der Waals surface area contributed by atoms with Gasteiger partial charge in [0, 0.05) is 31.2 Å². The van der Waals surface area contributed by atoms with Crippen molar-refractivity contribution in [2.24, 2.45) is 0 Å². The minimum Gasteiger partial charge on any atom is -0.496 e. The van der Waals surface area contributed by atoms with Gasteiger partial charge in [-0.3, -0.25) is 9.47 Å². The first-order valence-corrected chi connectivity index (χ1v) is 8.90. The number of likely N-dealkylation sites (tertiary alicyclic amines) is 1. The van der Waals surface area contributed by atoms with E-state index in [9.17, 15) is 9.18 Å². The fraction of sp³-hybridized carbons (Fsp3) is 0.350. The average Bonchev–Trinajstić information content (AvgIpc) is 2.98. The SMILES string of the molecule is COc1ccc(F)cc1CN1CCC(n2c(=O)[nH]c3ccccc32)CC1. The highest BCUT2D eigenvalue weighted by Crippen LogP contribution is 2.27. The molecule has 1 fully saturated rings. The lowest BCUT2D eigenvalue weighted by Crippen LogP contribution is -2.36. The van der Waals surface area contributed by atoms with E-state index >= 15 is 0 Å². The lowest BCUT2D eigenvalue weighted by atomic mass is 10.0. The van der Waals surface area contributed by atoms with Crippen LogP contribution in [0.5, 0.6) is 5.75 Å². The van der Waals surface area contributed by atoms with E-state index in [0.29, 0.717) is 12.3 Å². The molecule has 5 nitrogen and oxygen atoms in total. The minimum atomic E-state index is -0.249. The van der Waals surface area contributed by atoms with Crippen LogP contribution in [0.25, 0.3) is 11.0 Å². The zero-order valence-corrected chi connectivity index (χ0v) is 14.7. The first-order chi connectivity index (χ1) is 12.7. The standard InChI is InChI=1S/C20H22FN3O2/c1-26-19-7-6-15(21)12-14(19)13-23-10-8-16(9-11-23)24-18-5-3-2-4-17(18)22-20(24)25/h2-7,12,16H,8-11,13H2,1H3,(H,22,25). The van der Waals surface area contributed by atoms with Crippen LogP contribution >= 0.6 is 0 Å². The Hall–Kier alpha value is -2.60. The summed E-state index contributed by atoms with van der Waals surface area (Å²) >= 11 is 0. The van der Waals surface area contributed by atoms with Crippen LogP contribution in [0.15, 0.2) is 47.3 Å². The van der Waals surface area contributed by atoms with Crippen molar-refractivity contribution in [1.29, 1.82) is 0 Å². The van der Waals surface area contributed by atoms with Crippen molar-refractivity contribution < 1.29 is 9.13 Å². The Morgan fingerprint density at radius 3 is 2.73 bits per heavy atom. The van der Waals surface area contributed by atoms with Crippen LogP contribution in [-0.2, 0) is 6.54 Å². The number of fused-ring (bicyclic) bond motifs is 1. The van der Waals surface area contributed by atoms with Gasteiger partial charge in [-0.1, -0.05) is 12.1 Å². The summed E-state index contributed by atoms with van der Waals surface area (Å²) in [4.78, 5) is 17.6. The molecule has 2 aromatic carbocycles. The van der Waals surface area contributed by atoms with E-state index in [-0.39, 0.29) is 17.5 Å². The Morgan fingerprint density at radius 2 is 1.96 bits per heavy atom. The van der Waals surface area contributed by atoms with Gasteiger partial charge in [-0.05, 0) is 43.2 Å². The molecule has 0 radical (unpaired) electrons. The lowest BCUT2D eigenvalue weighted by Gasteiger charge is -2.32. The smallest absolute Gasteiger partial charge is 0.326 e. The molecule has 0 spiro atoms. The molecule has 2 heterocycles. The van der Waals surface area contributed by atoms with Gasteiger partial charge in [-0.15, -0.1) is 0 Å². The number of benzene rings is 2. The molecular weight excluding hydrogens is 333 g/mol. The highest BCUT2D eigenvalue weighted by molar-refractivity contribution is 5.75. The molecule has 0 unspecified atom stereocenters. The second-order valence-electron chi connectivity index (χ2n) is 6.78. The third-order valence-corrected chi connectivity index (χ3v) is 5.18. The number of para-hydroxylation sites is 2. The summed E-state index contributed by atoms with van der Waals surface area (Å²) in [6.45, 7) is 2.36. The van der Waals surface area contributed by atoms with Crippen molar-refractivity contribution >= 4 is 11.0 Å². The van der Waals surface area contributed by atoms with Crippen LogP contribution in [0.4, 0.5) is 4.39 Å². The lowest BCUT2D eigenvalue weighted by molar-refractivity contribution is 0.178. The van der Waals surface area contributed by atoms with Gasteiger partial charge in [0.15, 0.2) is 0 Å². The van der Waals surface area contributed by atoms with Crippen molar-refractivity contribution in [2.75, 3.05) is 20.2 Å². The number of hydrogen-bond acceptors (Lipinski definition) is 3. The molecule has 3 aromatic rings. The number of piperidine rings is 1. The van der Waals surface area contributed by atoms with E-state index in [1.54, 1.807) is 13.2 Å². The minimum absolute atomic E-state index is 0.0450. The van der Waals surface area contributed by atoms with E-state index in [2.05, 4.69) is 9.88 Å². The van der Waals surface area contributed by atoms with E-state index in [4.69, 9.17) is 4.74 Å². The number of ether oxygens (including phenoxy) is 1. The van der Waals surface area contributed by atoms with Gasteiger partial charge < -0.3 is 9.72 Å². The van der Waals surface area contributed by atoms with E-state index < -0.39 is 0 Å². The molecule has 6 heteroatoms. The summed E-state index contributed by atoms with van der Waals surface area (Å²) in [5, 5.41) is 0. The number of halogens is 1. The average molecular weight is 355 g/mol. The fourth-order valence-electron chi connectivity index (χ4n) is 3.88. The summed E-state index contributed by atoms with van der Waals surface area (Å²) in [6.07, 6.45) is 1.78. The van der Waals surface area contributed by atoms with Crippen LogP contribution in [0.2, 0.25) is 0 Å². The second kappa shape index (κ2) is 6.96. The highest BCUT2D eigenvalue weighted by Gasteiger charge is 2.24. The Morgan fingerprint density at radius 1 is 1.19 bits per heavy atom. The summed E-state index contributed by atoms with van der Waals surface area (Å²) < 4.78 is 20.8. The zero-order valence-electron chi connectivity index (χ0n) is 14.7. The quantitative estimate of drug-likeness (QED) is 0.781. The Bertz CT molecular complexity index is 971. The molecule has 1 aliphatic heterocycles. The van der Waals surface area contributed by atoms with Crippen LogP contribution in [0.3, 0.4) is 0 Å². The predicted molar refractivity (Wildman–Crippen MR) is 99.1 cm³/mol. The third-order valence-electron chi connectivity index (χ3n) is 5.18. The normalized spacial score (nSPS) is 16.2. The molecule has 0 atom stereocenters. The molecule has 0 amide bonds. The molecule has 136 valence electrons. The van der Waals surface area contributed by atoms with E-state index in [0.717, 1.165) is 42.5 Å². The van der Waals surface area contributed by atoms with Gasteiger partial charge in [0.05, 0.1) is 18.1 Å². The Balaban J connectivity index is 1.48. The highest BCUT2D eigenvalue weighted by atomic mass is 19.1. The topological polar surface area (TPSA) is 50.3 Å². The first-order valence-electron chi connectivity index (χ1n) is 8.90. The number of aromatic amines is 1. The fourth-order valence-corrected chi connectivity index (χ4v) is 3.88. The second-order valence-corrected chi connectivity index (χ2v) is 6.78. The molecule has 0 bridgehead atoms. The number of nitrogens with one attached hydrogen (secondary N) is 1. The van der Waals surface area contributed by atoms with Crippen LogP contribution in [0, 0.1) is 5.82 Å². The number of methoxy groups -OCH3 is 1. The van der Waals surface area contributed by atoms with Crippen LogP contribution in [-0.4, -0.2) is 34.7 Å². The molecule has 1 saturated heterocycles. The summed E-state index contributed by atoms with van der Waals surface area (Å²) in [5.74, 6) is 0.461. The van der Waals surface area contributed by atoms with Gasteiger partial charge in [0.2, 0.25) is 0 Å². The van der Waals surface area contributed by atoms with Gasteiger partial charge in [0.1, 0.15) is 11.6 Å². The monoisotopic (exact) mass is 355 g/mol. The van der Waals surface area contributed by atoms with Crippen molar-refractivity contribution in [3.63, 3.8) is 0 Å². The number of hydrogen-bond donors (Lipinski definition) is 1. The molecule has 0 aliphatic carbocycles. The molecule has 4 rings (SSSR count). The van der Waals surface area contributed by atoms with E-state index in [1.165, 1.54) is 12.1 Å². The summed E-state index contributed by atoms with van der Waals surface area (Å²) in [7, 11) is 1.60. The van der Waals surface area contributed by atoms with Gasteiger partial charge in [-0.25, -0.2) is 9.18 Å². The predicted octanol–water partition coefficient (Wildman–Crippen LogP) is 3.31. The third kappa shape index (κ3) is 3.12. The van der Waals surface area contributed by atoms with Gasteiger partial charge in [-0.2, -0.15) is 0 Å². The summed E-state index contributed by atoms with van der Waals surface area (Å²) in [5.41, 5.74) is 2.65. The maximum absolute atomic E-state index is 13.6. The van der Waals surface area contributed by atoms with Crippen LogP contribution in [0.1, 0.15) is 24.4 Å². The molecule has 0 saturated carbocycles. The Labute approximate surface area is 151 Å². The Kier molecular flexibility index (Phi) is 4.51. The number of rotatable bonds is 4. The molecule has 1 aliphatic rings.